The molecule has 128 valence electrons. The van der Waals surface area contributed by atoms with E-state index in [2.05, 4.69) is 5.32 Å². The van der Waals surface area contributed by atoms with Crippen molar-refractivity contribution in [1.82, 2.24) is 5.32 Å². The molecular formula is C17H26N2O4. The van der Waals surface area contributed by atoms with Crippen LogP contribution < -0.4 is 11.1 Å². The highest BCUT2D eigenvalue weighted by atomic mass is 16.5. The van der Waals surface area contributed by atoms with E-state index in [1.54, 1.807) is 13.8 Å². The molecule has 1 aromatic rings. The molecule has 1 aromatic carbocycles. The Morgan fingerprint density at radius 3 is 2.26 bits per heavy atom. The molecule has 0 aliphatic heterocycles. The van der Waals surface area contributed by atoms with Crippen molar-refractivity contribution in [2.75, 3.05) is 0 Å². The smallest absolute Gasteiger partial charge is 0.408 e. The van der Waals surface area contributed by atoms with E-state index in [4.69, 9.17) is 10.5 Å². The molecule has 0 radical (unpaired) electrons. The molecular weight excluding hydrogens is 296 g/mol. The summed E-state index contributed by atoms with van der Waals surface area (Å²) in [6.45, 7) is 7.25. The summed E-state index contributed by atoms with van der Waals surface area (Å²) >= 11 is 0. The third-order valence-electron chi connectivity index (χ3n) is 3.41. The Bertz CT molecular complexity index is 535. The van der Waals surface area contributed by atoms with Gasteiger partial charge in [-0.3, -0.25) is 0 Å². The van der Waals surface area contributed by atoms with Gasteiger partial charge in [0.25, 0.3) is 0 Å². The summed E-state index contributed by atoms with van der Waals surface area (Å²) in [4.78, 5) is 23.4. The summed E-state index contributed by atoms with van der Waals surface area (Å²) in [6, 6.07) is 8.09. The van der Waals surface area contributed by atoms with Gasteiger partial charge in [-0.25, -0.2) is 9.59 Å². The van der Waals surface area contributed by atoms with Crippen LogP contribution in [0.3, 0.4) is 0 Å². The van der Waals surface area contributed by atoms with Crippen molar-refractivity contribution in [3.63, 3.8) is 0 Å². The van der Waals surface area contributed by atoms with E-state index < -0.39 is 29.1 Å². The SMILES string of the molecule is CC(C)(N)CC(C)(C)C(NC(=O)OCc1ccccc1)C(=O)O. The fraction of sp³-hybridized carbons (Fsp3) is 0.529. The van der Waals surface area contributed by atoms with E-state index >= 15 is 0 Å². The minimum Gasteiger partial charge on any atom is -0.480 e. The Hall–Kier alpha value is -2.08. The molecule has 6 nitrogen and oxygen atoms in total. The highest BCUT2D eigenvalue weighted by Crippen LogP contribution is 2.30. The number of carboxylic acids is 1. The van der Waals surface area contributed by atoms with Crippen LogP contribution in [0.4, 0.5) is 4.79 Å². The maximum absolute atomic E-state index is 11.9. The van der Waals surface area contributed by atoms with Crippen LogP contribution in [0.25, 0.3) is 0 Å². The normalized spacial score (nSPS) is 13.3. The molecule has 0 saturated heterocycles. The molecule has 0 bridgehead atoms. The summed E-state index contributed by atoms with van der Waals surface area (Å²) in [7, 11) is 0. The van der Waals surface area contributed by atoms with Gasteiger partial charge in [-0.05, 0) is 31.2 Å². The number of hydrogen-bond donors (Lipinski definition) is 3. The van der Waals surface area contributed by atoms with Gasteiger partial charge >= 0.3 is 12.1 Å². The van der Waals surface area contributed by atoms with Crippen molar-refractivity contribution in [3.05, 3.63) is 35.9 Å². The van der Waals surface area contributed by atoms with Gasteiger partial charge in [0.1, 0.15) is 12.6 Å². The van der Waals surface area contributed by atoms with Gasteiger partial charge in [0, 0.05) is 5.54 Å². The van der Waals surface area contributed by atoms with Crippen molar-refractivity contribution >= 4 is 12.1 Å². The van der Waals surface area contributed by atoms with Crippen molar-refractivity contribution < 1.29 is 19.4 Å². The number of rotatable bonds is 7. The van der Waals surface area contributed by atoms with Crippen LogP contribution in [-0.4, -0.2) is 28.7 Å². The monoisotopic (exact) mass is 322 g/mol. The van der Waals surface area contributed by atoms with Crippen LogP contribution in [-0.2, 0) is 16.1 Å². The van der Waals surface area contributed by atoms with Crippen molar-refractivity contribution in [3.8, 4) is 0 Å². The number of ether oxygens (including phenoxy) is 1. The highest BCUT2D eigenvalue weighted by Gasteiger charge is 2.39. The van der Waals surface area contributed by atoms with Gasteiger partial charge in [0.2, 0.25) is 0 Å². The maximum atomic E-state index is 11.9. The minimum absolute atomic E-state index is 0.0851. The van der Waals surface area contributed by atoms with Gasteiger partial charge in [0.05, 0.1) is 0 Å². The van der Waals surface area contributed by atoms with Crippen LogP contribution in [0.1, 0.15) is 39.7 Å². The van der Waals surface area contributed by atoms with Crippen LogP contribution in [0.2, 0.25) is 0 Å². The molecule has 23 heavy (non-hydrogen) atoms. The fourth-order valence-corrected chi connectivity index (χ4v) is 2.75. The predicted molar refractivity (Wildman–Crippen MR) is 87.9 cm³/mol. The van der Waals surface area contributed by atoms with Crippen LogP contribution in [0.5, 0.6) is 0 Å². The number of carbonyl (C=O) groups excluding carboxylic acids is 1. The molecule has 0 saturated carbocycles. The second-order valence-electron chi connectivity index (χ2n) is 7.13. The molecule has 4 N–H and O–H groups in total. The molecule has 1 atom stereocenters. The first kappa shape index (κ1) is 19.0. The Balaban J connectivity index is 2.68. The number of aliphatic carboxylic acids is 1. The second-order valence-corrected chi connectivity index (χ2v) is 7.13. The van der Waals surface area contributed by atoms with Crippen LogP contribution in [0, 0.1) is 5.41 Å². The zero-order valence-electron chi connectivity index (χ0n) is 14.1. The van der Waals surface area contributed by atoms with E-state index in [0.717, 1.165) is 5.56 Å². The number of nitrogens with one attached hydrogen (secondary N) is 1. The Labute approximate surface area is 137 Å². The van der Waals surface area contributed by atoms with Gasteiger partial charge in [-0.1, -0.05) is 44.2 Å². The van der Waals surface area contributed by atoms with Gasteiger partial charge in [0.15, 0.2) is 0 Å². The van der Waals surface area contributed by atoms with Crippen molar-refractivity contribution in [1.29, 1.82) is 0 Å². The molecule has 1 unspecified atom stereocenters. The first-order valence-corrected chi connectivity index (χ1v) is 7.50. The lowest BCUT2D eigenvalue weighted by Gasteiger charge is -2.36. The van der Waals surface area contributed by atoms with Gasteiger partial charge < -0.3 is 20.9 Å². The molecule has 0 aromatic heterocycles. The Kier molecular flexibility index (Phi) is 6.15. The highest BCUT2D eigenvalue weighted by molar-refractivity contribution is 5.80. The quantitative estimate of drug-likeness (QED) is 0.716. The summed E-state index contributed by atoms with van der Waals surface area (Å²) < 4.78 is 5.09. The lowest BCUT2D eigenvalue weighted by atomic mass is 9.75. The van der Waals surface area contributed by atoms with E-state index in [-0.39, 0.29) is 6.61 Å². The van der Waals surface area contributed by atoms with Crippen molar-refractivity contribution in [2.45, 2.75) is 52.3 Å². The number of nitrogens with two attached hydrogens (primary N) is 1. The third-order valence-corrected chi connectivity index (χ3v) is 3.41. The van der Waals surface area contributed by atoms with Crippen LogP contribution in [0.15, 0.2) is 30.3 Å². The van der Waals surface area contributed by atoms with Crippen LogP contribution >= 0.6 is 0 Å². The summed E-state index contributed by atoms with van der Waals surface area (Å²) in [5.41, 5.74) is 5.54. The molecule has 6 heteroatoms. The van der Waals surface area contributed by atoms with E-state index in [0.29, 0.717) is 6.42 Å². The lowest BCUT2D eigenvalue weighted by Crippen LogP contribution is -2.53. The zero-order valence-corrected chi connectivity index (χ0v) is 14.1. The predicted octanol–water partition coefficient (Wildman–Crippen LogP) is 2.52. The fourth-order valence-electron chi connectivity index (χ4n) is 2.75. The van der Waals surface area contributed by atoms with E-state index in [1.165, 1.54) is 0 Å². The van der Waals surface area contributed by atoms with E-state index in [1.807, 2.05) is 44.2 Å². The molecule has 1 rings (SSSR count). The minimum atomic E-state index is -1.11. The van der Waals surface area contributed by atoms with Gasteiger partial charge in [-0.2, -0.15) is 0 Å². The first-order valence-electron chi connectivity index (χ1n) is 7.50. The molecule has 0 fully saturated rings. The lowest BCUT2D eigenvalue weighted by molar-refractivity contribution is -0.142. The number of hydrogen-bond acceptors (Lipinski definition) is 4. The Morgan fingerprint density at radius 2 is 1.78 bits per heavy atom. The zero-order chi connectivity index (χ0) is 17.7. The third kappa shape index (κ3) is 6.69. The Morgan fingerprint density at radius 1 is 1.22 bits per heavy atom. The summed E-state index contributed by atoms with van der Waals surface area (Å²) in [6.07, 6.45) is -0.334. The average molecular weight is 322 g/mol. The molecule has 0 heterocycles. The second kappa shape index (κ2) is 7.46. The average Bonchev–Trinajstić information content (AvgIpc) is 2.40. The summed E-state index contributed by atoms with van der Waals surface area (Å²) in [5.74, 6) is -1.11. The van der Waals surface area contributed by atoms with Crippen molar-refractivity contribution in [2.24, 2.45) is 11.1 Å². The number of alkyl carbamates (subject to hydrolysis) is 1. The molecule has 0 aliphatic carbocycles. The maximum Gasteiger partial charge on any atom is 0.408 e. The largest absolute Gasteiger partial charge is 0.480 e. The van der Waals surface area contributed by atoms with Gasteiger partial charge in [-0.15, -0.1) is 0 Å². The standard InChI is InChI=1S/C17H26N2O4/c1-16(2,11-17(3,4)18)13(14(20)21)19-15(22)23-10-12-8-6-5-7-9-12/h5-9,13H,10-11,18H2,1-4H3,(H,19,22)(H,20,21). The number of carbonyl (C=O) groups is 2. The number of carboxylic acid groups (broad SMARTS) is 1. The topological polar surface area (TPSA) is 102 Å². The molecule has 1 amide bonds. The molecule has 0 aliphatic rings. The first-order chi connectivity index (χ1) is 10.5. The summed E-state index contributed by atoms with van der Waals surface area (Å²) in [5, 5.41) is 11.9. The number of amides is 1. The number of benzene rings is 1. The molecule has 0 spiro atoms. The van der Waals surface area contributed by atoms with E-state index in [9.17, 15) is 14.7 Å².